The van der Waals surface area contributed by atoms with Gasteiger partial charge in [-0.1, -0.05) is 29.3 Å². The SMILES string of the molecule is CCOc1cc(/C=C2\SC(=O)N(Cc3c(F)cccc3Cl)C2=O)cc(I)c1OS(=O)(=O)c1ccc(Cl)cc1. The Morgan fingerprint density at radius 2 is 1.82 bits per heavy atom. The quantitative estimate of drug-likeness (QED) is 0.140. The third kappa shape index (κ3) is 6.28. The first-order valence-electron chi connectivity index (χ1n) is 10.8. The molecule has 0 saturated carbocycles. The molecule has 3 aromatic rings. The molecule has 0 atom stereocenters. The average molecular weight is 708 g/mol. The highest BCUT2D eigenvalue weighted by atomic mass is 127. The molecule has 0 spiro atoms. The molecule has 0 aromatic heterocycles. The van der Waals surface area contributed by atoms with Crippen molar-refractivity contribution >= 4 is 84.9 Å². The summed E-state index contributed by atoms with van der Waals surface area (Å²) >= 11 is 14.5. The molecule has 4 rings (SSSR count). The molecule has 1 heterocycles. The van der Waals surface area contributed by atoms with Crippen molar-refractivity contribution in [3.8, 4) is 11.5 Å². The number of amides is 2. The lowest BCUT2D eigenvalue weighted by molar-refractivity contribution is -0.123. The fourth-order valence-electron chi connectivity index (χ4n) is 3.40. The Kier molecular flexibility index (Phi) is 8.92. The molecule has 0 radical (unpaired) electrons. The van der Waals surface area contributed by atoms with Crippen LogP contribution >= 0.6 is 57.6 Å². The van der Waals surface area contributed by atoms with E-state index in [4.69, 9.17) is 32.1 Å². The van der Waals surface area contributed by atoms with Gasteiger partial charge in [0.2, 0.25) is 0 Å². The molecule has 0 aliphatic carbocycles. The Labute approximate surface area is 246 Å². The Morgan fingerprint density at radius 1 is 1.11 bits per heavy atom. The number of hydrogen-bond acceptors (Lipinski definition) is 7. The van der Waals surface area contributed by atoms with E-state index in [9.17, 15) is 22.4 Å². The van der Waals surface area contributed by atoms with Crippen LogP contribution in [0.25, 0.3) is 6.08 Å². The molecule has 3 aromatic carbocycles. The minimum atomic E-state index is -4.20. The van der Waals surface area contributed by atoms with Gasteiger partial charge in [-0.25, -0.2) is 4.39 Å². The van der Waals surface area contributed by atoms with Gasteiger partial charge in [0.15, 0.2) is 11.5 Å². The predicted octanol–water partition coefficient (Wildman–Crippen LogP) is 7.14. The lowest BCUT2D eigenvalue weighted by Crippen LogP contribution is -2.28. The normalized spacial score (nSPS) is 14.9. The van der Waals surface area contributed by atoms with Gasteiger partial charge in [0.1, 0.15) is 10.7 Å². The summed E-state index contributed by atoms with van der Waals surface area (Å²) in [6, 6.07) is 12.7. The number of benzene rings is 3. The zero-order valence-electron chi connectivity index (χ0n) is 19.4. The topological polar surface area (TPSA) is 90.0 Å². The Hall–Kier alpha value is -2.32. The van der Waals surface area contributed by atoms with E-state index in [1.54, 1.807) is 13.0 Å². The monoisotopic (exact) mass is 707 g/mol. The van der Waals surface area contributed by atoms with Crippen molar-refractivity contribution < 1.29 is 31.3 Å². The van der Waals surface area contributed by atoms with E-state index >= 15 is 0 Å². The summed E-state index contributed by atoms with van der Waals surface area (Å²) in [6.45, 7) is 1.61. The van der Waals surface area contributed by atoms with Gasteiger partial charge in [-0.2, -0.15) is 8.42 Å². The largest absolute Gasteiger partial charge is 0.490 e. The predicted molar refractivity (Wildman–Crippen MR) is 153 cm³/mol. The van der Waals surface area contributed by atoms with Gasteiger partial charge in [-0.15, -0.1) is 0 Å². The minimum absolute atomic E-state index is 0.0261. The third-order valence-corrected chi connectivity index (χ3v) is 8.73. The number of imide groups is 1. The lowest BCUT2D eigenvalue weighted by Gasteiger charge is -2.15. The van der Waals surface area contributed by atoms with Gasteiger partial charge in [-0.05, 0) is 101 Å². The summed E-state index contributed by atoms with van der Waals surface area (Å²) in [5, 5.41) is -0.0957. The summed E-state index contributed by atoms with van der Waals surface area (Å²) in [4.78, 5) is 26.5. The summed E-state index contributed by atoms with van der Waals surface area (Å²) in [7, 11) is -4.20. The highest BCUT2D eigenvalue weighted by Crippen LogP contribution is 2.39. The maximum Gasteiger partial charge on any atom is 0.339 e. The van der Waals surface area contributed by atoms with Crippen molar-refractivity contribution in [1.82, 2.24) is 4.90 Å². The van der Waals surface area contributed by atoms with Crippen LogP contribution in [0.1, 0.15) is 18.1 Å². The van der Waals surface area contributed by atoms with Gasteiger partial charge >= 0.3 is 10.1 Å². The fraction of sp³-hybridized carbons (Fsp3) is 0.120. The molecular formula is C25H17Cl2FINO6S2. The molecule has 2 amide bonds. The zero-order chi connectivity index (χ0) is 27.6. The fourth-order valence-corrected chi connectivity index (χ4v) is 6.43. The van der Waals surface area contributed by atoms with Crippen molar-refractivity contribution in [2.75, 3.05) is 6.61 Å². The van der Waals surface area contributed by atoms with E-state index in [2.05, 4.69) is 0 Å². The molecule has 13 heteroatoms. The van der Waals surface area contributed by atoms with Gasteiger partial charge in [-0.3, -0.25) is 14.5 Å². The second-order valence-electron chi connectivity index (χ2n) is 7.72. The summed E-state index contributed by atoms with van der Waals surface area (Å²) < 4.78 is 51.3. The van der Waals surface area contributed by atoms with Crippen LogP contribution in [0, 0.1) is 9.39 Å². The molecular weight excluding hydrogens is 691 g/mol. The van der Waals surface area contributed by atoms with Crippen LogP contribution in [0.15, 0.2) is 64.4 Å². The van der Waals surface area contributed by atoms with Crippen molar-refractivity contribution in [2.24, 2.45) is 0 Å². The molecule has 1 aliphatic rings. The number of halogens is 4. The molecule has 1 aliphatic heterocycles. The van der Waals surface area contributed by atoms with Crippen LogP contribution in [0.3, 0.4) is 0 Å². The number of thioether (sulfide) groups is 1. The molecule has 38 heavy (non-hydrogen) atoms. The van der Waals surface area contributed by atoms with E-state index in [1.165, 1.54) is 54.6 Å². The summed E-state index contributed by atoms with van der Waals surface area (Å²) in [6.07, 6.45) is 1.47. The average Bonchev–Trinajstić information content (AvgIpc) is 3.11. The smallest absolute Gasteiger partial charge is 0.339 e. The van der Waals surface area contributed by atoms with Crippen molar-refractivity contribution in [3.05, 3.63) is 90.1 Å². The Balaban J connectivity index is 1.63. The highest BCUT2D eigenvalue weighted by Gasteiger charge is 2.36. The maximum atomic E-state index is 14.2. The van der Waals surface area contributed by atoms with Gasteiger partial charge in [0.25, 0.3) is 11.1 Å². The van der Waals surface area contributed by atoms with E-state index in [0.717, 1.165) is 4.90 Å². The maximum absolute atomic E-state index is 14.2. The van der Waals surface area contributed by atoms with Crippen LogP contribution in [-0.4, -0.2) is 31.1 Å². The number of nitrogens with zero attached hydrogens (tertiary/aromatic N) is 1. The molecule has 7 nitrogen and oxygen atoms in total. The van der Waals surface area contributed by atoms with Crippen molar-refractivity contribution in [3.63, 3.8) is 0 Å². The van der Waals surface area contributed by atoms with Crippen molar-refractivity contribution in [1.29, 1.82) is 0 Å². The summed E-state index contributed by atoms with van der Waals surface area (Å²) in [5.41, 5.74) is 0.498. The first-order chi connectivity index (χ1) is 18.0. The number of carbonyl (C=O) groups excluding carboxylic acids is 2. The van der Waals surface area contributed by atoms with Crippen LogP contribution in [0.5, 0.6) is 11.5 Å². The molecule has 1 fully saturated rings. The number of rotatable bonds is 8. The van der Waals surface area contributed by atoms with E-state index < -0.39 is 27.1 Å². The summed E-state index contributed by atoms with van der Waals surface area (Å²) in [5.74, 6) is -1.14. The first kappa shape index (κ1) is 28.7. The van der Waals surface area contributed by atoms with Crippen LogP contribution in [-0.2, 0) is 21.5 Å². The van der Waals surface area contributed by atoms with Crippen molar-refractivity contribution in [2.45, 2.75) is 18.4 Å². The molecule has 198 valence electrons. The van der Waals surface area contributed by atoms with Crippen LogP contribution < -0.4 is 8.92 Å². The first-order valence-corrected chi connectivity index (χ1v) is 14.9. The number of hydrogen-bond donors (Lipinski definition) is 0. The van der Waals surface area contributed by atoms with Crippen LogP contribution in [0.2, 0.25) is 10.0 Å². The van der Waals surface area contributed by atoms with E-state index in [0.29, 0.717) is 25.9 Å². The number of carbonyl (C=O) groups is 2. The second kappa shape index (κ2) is 11.8. The second-order valence-corrected chi connectivity index (χ2v) is 12.3. The van der Waals surface area contributed by atoms with Gasteiger partial charge < -0.3 is 8.92 Å². The molecule has 0 N–H and O–H groups in total. The minimum Gasteiger partial charge on any atom is -0.490 e. The molecule has 1 saturated heterocycles. The van der Waals surface area contributed by atoms with Crippen LogP contribution in [0.4, 0.5) is 9.18 Å². The number of ether oxygens (including phenoxy) is 1. The lowest BCUT2D eigenvalue weighted by atomic mass is 10.1. The Morgan fingerprint density at radius 3 is 2.47 bits per heavy atom. The highest BCUT2D eigenvalue weighted by molar-refractivity contribution is 14.1. The third-order valence-electron chi connectivity index (χ3n) is 5.18. The molecule has 0 unspecified atom stereocenters. The standard InChI is InChI=1S/C25H17Cl2FINO6S2/c1-2-35-21-11-14(10-20(29)23(21)36-38(33,34)16-8-6-15(26)7-9-16)12-22-24(31)30(25(32)37-22)13-17-18(27)4-3-5-19(17)28/h3-12H,2,13H2,1H3/b22-12-. The van der Waals surface area contributed by atoms with Gasteiger partial charge in [0.05, 0.1) is 21.6 Å². The van der Waals surface area contributed by atoms with E-state index in [1.807, 2.05) is 22.6 Å². The Bertz CT molecular complexity index is 1540. The van der Waals surface area contributed by atoms with E-state index in [-0.39, 0.29) is 45.0 Å². The zero-order valence-corrected chi connectivity index (χ0v) is 24.7. The molecule has 0 bridgehead atoms. The van der Waals surface area contributed by atoms with Gasteiger partial charge in [0, 0.05) is 15.6 Å².